The lowest BCUT2D eigenvalue weighted by molar-refractivity contribution is 0.161. The van der Waals surface area contributed by atoms with Gasteiger partial charge in [-0.1, -0.05) is 13.0 Å². The average molecular weight is 277 g/mol. The first-order valence-electron chi connectivity index (χ1n) is 7.07. The smallest absolute Gasteiger partial charge is 0.411 e. The second-order valence-corrected chi connectivity index (χ2v) is 5.37. The van der Waals surface area contributed by atoms with Gasteiger partial charge in [0, 0.05) is 35.9 Å². The molecular weight excluding hydrogens is 254 g/mol. The Labute approximate surface area is 120 Å². The maximum absolute atomic E-state index is 11.7. The Bertz CT molecular complexity index is 474. The van der Waals surface area contributed by atoms with Crippen LogP contribution in [-0.2, 0) is 4.74 Å². The Balaban J connectivity index is 2.14. The lowest BCUT2D eigenvalue weighted by atomic mass is 9.99. The fourth-order valence-electron chi connectivity index (χ4n) is 2.54. The molecule has 2 rings (SSSR count). The minimum Gasteiger partial charge on any atom is -0.449 e. The van der Waals surface area contributed by atoms with Crippen molar-refractivity contribution in [3.63, 3.8) is 0 Å². The van der Waals surface area contributed by atoms with Gasteiger partial charge in [0.2, 0.25) is 0 Å². The molecule has 2 N–H and O–H groups in total. The number of hydrogen-bond acceptors (Lipinski definition) is 4. The van der Waals surface area contributed by atoms with Crippen LogP contribution in [0, 0.1) is 0 Å². The Hall–Kier alpha value is -1.75. The molecular formula is C15H23N3O2. The number of ether oxygens (including phenoxy) is 1. The van der Waals surface area contributed by atoms with Crippen LogP contribution in [-0.4, -0.2) is 44.8 Å². The van der Waals surface area contributed by atoms with E-state index < -0.39 is 0 Å². The Kier molecular flexibility index (Phi) is 4.84. The molecule has 1 heterocycles. The lowest BCUT2D eigenvalue weighted by Gasteiger charge is -2.18. The van der Waals surface area contributed by atoms with E-state index in [1.54, 1.807) is 0 Å². The number of likely N-dealkylation sites (N-methyl/N-ethyl adjacent to an activating group) is 1. The standard InChI is InChI=1S/C15H23N3O2/c1-4-8-20-15(19)17-13-7-5-6-12-14(13)11(9-16-12)10-18(2)3/h5-7,11,16H,4,8-10H2,1-3H3,(H,17,19). The molecule has 0 radical (unpaired) electrons. The number of benzene rings is 1. The van der Waals surface area contributed by atoms with Gasteiger partial charge in [0.05, 0.1) is 6.61 Å². The molecule has 1 aliphatic rings. The number of nitrogens with one attached hydrogen (secondary N) is 2. The van der Waals surface area contributed by atoms with Gasteiger partial charge in [-0.25, -0.2) is 4.79 Å². The summed E-state index contributed by atoms with van der Waals surface area (Å²) >= 11 is 0. The van der Waals surface area contributed by atoms with Gasteiger partial charge in [-0.05, 0) is 32.6 Å². The Morgan fingerprint density at radius 3 is 3.00 bits per heavy atom. The molecule has 1 atom stereocenters. The van der Waals surface area contributed by atoms with E-state index in [-0.39, 0.29) is 6.09 Å². The first-order chi connectivity index (χ1) is 9.61. The van der Waals surface area contributed by atoms with Crippen molar-refractivity contribution < 1.29 is 9.53 Å². The lowest BCUT2D eigenvalue weighted by Crippen LogP contribution is -2.22. The van der Waals surface area contributed by atoms with Crippen molar-refractivity contribution >= 4 is 17.5 Å². The van der Waals surface area contributed by atoms with Crippen LogP contribution in [0.25, 0.3) is 0 Å². The van der Waals surface area contributed by atoms with Crippen molar-refractivity contribution in [3.05, 3.63) is 23.8 Å². The molecule has 1 aromatic carbocycles. The van der Waals surface area contributed by atoms with Crippen molar-refractivity contribution in [2.75, 3.05) is 44.4 Å². The fourth-order valence-corrected chi connectivity index (χ4v) is 2.54. The number of carbonyl (C=O) groups is 1. The Morgan fingerprint density at radius 2 is 2.30 bits per heavy atom. The maximum Gasteiger partial charge on any atom is 0.411 e. The zero-order chi connectivity index (χ0) is 14.5. The molecule has 0 fully saturated rings. The van der Waals surface area contributed by atoms with Gasteiger partial charge in [-0.2, -0.15) is 0 Å². The van der Waals surface area contributed by atoms with Crippen molar-refractivity contribution in [1.82, 2.24) is 4.90 Å². The molecule has 110 valence electrons. The monoisotopic (exact) mass is 277 g/mol. The van der Waals surface area contributed by atoms with Crippen molar-refractivity contribution in [2.45, 2.75) is 19.3 Å². The van der Waals surface area contributed by atoms with Crippen molar-refractivity contribution in [1.29, 1.82) is 0 Å². The second-order valence-electron chi connectivity index (χ2n) is 5.37. The Morgan fingerprint density at radius 1 is 1.50 bits per heavy atom. The molecule has 0 bridgehead atoms. The summed E-state index contributed by atoms with van der Waals surface area (Å²) in [5, 5.41) is 6.25. The average Bonchev–Trinajstić information content (AvgIpc) is 2.80. The largest absolute Gasteiger partial charge is 0.449 e. The number of rotatable bonds is 5. The summed E-state index contributed by atoms with van der Waals surface area (Å²) in [5.74, 6) is 0.377. The predicted molar refractivity (Wildman–Crippen MR) is 81.5 cm³/mol. The molecule has 1 amide bonds. The third-order valence-corrected chi connectivity index (χ3v) is 3.31. The van der Waals surface area contributed by atoms with E-state index in [1.807, 2.05) is 25.1 Å². The highest BCUT2D eigenvalue weighted by Crippen LogP contribution is 2.37. The highest BCUT2D eigenvalue weighted by molar-refractivity contribution is 5.88. The van der Waals surface area contributed by atoms with Gasteiger partial charge in [-0.15, -0.1) is 0 Å². The number of fused-ring (bicyclic) bond motifs is 1. The van der Waals surface area contributed by atoms with E-state index in [9.17, 15) is 4.79 Å². The molecule has 1 aromatic rings. The van der Waals surface area contributed by atoms with E-state index in [4.69, 9.17) is 4.74 Å². The highest BCUT2D eigenvalue weighted by Gasteiger charge is 2.26. The van der Waals surface area contributed by atoms with Crippen LogP contribution < -0.4 is 10.6 Å². The van der Waals surface area contributed by atoms with Crippen LogP contribution in [0.2, 0.25) is 0 Å². The molecule has 1 unspecified atom stereocenters. The number of nitrogens with zero attached hydrogens (tertiary/aromatic N) is 1. The minimum absolute atomic E-state index is 0.377. The molecule has 5 heteroatoms. The van der Waals surface area contributed by atoms with Crippen LogP contribution in [0.3, 0.4) is 0 Å². The summed E-state index contributed by atoms with van der Waals surface area (Å²) < 4.78 is 5.09. The van der Waals surface area contributed by atoms with E-state index in [2.05, 4.69) is 29.6 Å². The molecule has 0 aliphatic carbocycles. The van der Waals surface area contributed by atoms with Crippen molar-refractivity contribution in [3.8, 4) is 0 Å². The zero-order valence-electron chi connectivity index (χ0n) is 12.4. The summed E-state index contributed by atoms with van der Waals surface area (Å²) in [4.78, 5) is 13.9. The molecule has 0 spiro atoms. The highest BCUT2D eigenvalue weighted by atomic mass is 16.5. The van der Waals surface area contributed by atoms with Crippen molar-refractivity contribution in [2.24, 2.45) is 0 Å². The molecule has 5 nitrogen and oxygen atoms in total. The summed E-state index contributed by atoms with van der Waals surface area (Å²) in [7, 11) is 4.12. The molecule has 0 saturated carbocycles. The van der Waals surface area contributed by atoms with Crippen LogP contribution in [0.1, 0.15) is 24.8 Å². The van der Waals surface area contributed by atoms with Gasteiger partial charge >= 0.3 is 6.09 Å². The van der Waals surface area contributed by atoms with Gasteiger partial charge in [0.25, 0.3) is 0 Å². The minimum atomic E-state index is -0.379. The second kappa shape index (κ2) is 6.61. The predicted octanol–water partition coefficient (Wildman–Crippen LogP) is 2.72. The number of anilines is 2. The van der Waals surface area contributed by atoms with E-state index in [1.165, 1.54) is 5.56 Å². The molecule has 1 aliphatic heterocycles. The summed E-state index contributed by atoms with van der Waals surface area (Å²) in [5.41, 5.74) is 3.13. The SMILES string of the molecule is CCCOC(=O)Nc1cccc2c1C(CN(C)C)CN2. The summed E-state index contributed by atoms with van der Waals surface area (Å²) in [6.45, 7) is 4.27. The van der Waals surface area contributed by atoms with E-state index >= 15 is 0 Å². The molecule has 20 heavy (non-hydrogen) atoms. The first-order valence-corrected chi connectivity index (χ1v) is 7.07. The van der Waals surface area contributed by atoms with Crippen LogP contribution >= 0.6 is 0 Å². The van der Waals surface area contributed by atoms with Crippen LogP contribution in [0.4, 0.5) is 16.2 Å². The van der Waals surface area contributed by atoms with Gasteiger partial charge in [0.1, 0.15) is 0 Å². The maximum atomic E-state index is 11.7. The third-order valence-electron chi connectivity index (χ3n) is 3.31. The normalized spacial score (nSPS) is 16.7. The first kappa shape index (κ1) is 14.7. The van der Waals surface area contributed by atoms with Gasteiger partial charge in [-0.3, -0.25) is 5.32 Å². The molecule has 0 saturated heterocycles. The summed E-state index contributed by atoms with van der Waals surface area (Å²) in [6.07, 6.45) is 0.446. The van der Waals surface area contributed by atoms with Gasteiger partial charge < -0.3 is 15.0 Å². The van der Waals surface area contributed by atoms with E-state index in [0.717, 1.165) is 30.9 Å². The number of hydrogen-bond donors (Lipinski definition) is 2. The topological polar surface area (TPSA) is 53.6 Å². The van der Waals surface area contributed by atoms with Crippen LogP contribution in [0.5, 0.6) is 0 Å². The number of amides is 1. The fraction of sp³-hybridized carbons (Fsp3) is 0.533. The third kappa shape index (κ3) is 3.42. The molecule has 0 aromatic heterocycles. The number of carbonyl (C=O) groups excluding carboxylic acids is 1. The van der Waals surface area contributed by atoms with Gasteiger partial charge in [0.15, 0.2) is 0 Å². The van der Waals surface area contributed by atoms with Crippen LogP contribution in [0.15, 0.2) is 18.2 Å². The van der Waals surface area contributed by atoms with E-state index in [0.29, 0.717) is 12.5 Å². The quantitative estimate of drug-likeness (QED) is 0.869. The zero-order valence-corrected chi connectivity index (χ0v) is 12.4. The summed E-state index contributed by atoms with van der Waals surface area (Å²) in [6, 6.07) is 5.93.